The molecule has 1 rings (SSSR count). The number of hydrogen-bond acceptors (Lipinski definition) is 4. The minimum absolute atomic E-state index is 0.136. The Kier molecular flexibility index (Phi) is 5.66. The molecule has 1 aromatic carbocycles. The first-order valence-corrected chi connectivity index (χ1v) is 6.57. The summed E-state index contributed by atoms with van der Waals surface area (Å²) in [4.78, 5) is 33.2. The number of carbonyl (C=O) groups excluding carboxylic acids is 1. The van der Waals surface area contributed by atoms with E-state index in [-0.39, 0.29) is 22.9 Å². The van der Waals surface area contributed by atoms with Crippen molar-refractivity contribution < 1.29 is 19.6 Å². The molecular weight excluding hydrogens is 300 g/mol. The van der Waals surface area contributed by atoms with Gasteiger partial charge in [0.25, 0.3) is 5.91 Å². The number of carbonyl (C=O) groups is 2. The Morgan fingerprint density at radius 1 is 1.43 bits per heavy atom. The minimum Gasteiger partial charge on any atom is -0.481 e. The number of nitrogens with zero attached hydrogens (tertiary/aromatic N) is 1. The van der Waals surface area contributed by atoms with Crippen LogP contribution < -0.4 is 5.32 Å². The summed E-state index contributed by atoms with van der Waals surface area (Å²) in [6.45, 7) is 3.50. The first-order valence-electron chi connectivity index (χ1n) is 6.19. The molecule has 0 spiro atoms. The summed E-state index contributed by atoms with van der Waals surface area (Å²) in [5.74, 6) is -1.91. The highest BCUT2D eigenvalue weighted by molar-refractivity contribution is 6.33. The number of aliphatic carboxylic acids is 1. The fraction of sp³-hybridized carbons (Fsp3) is 0.385. The topological polar surface area (TPSA) is 110 Å². The number of rotatable bonds is 6. The molecule has 1 unspecified atom stereocenters. The molecule has 0 radical (unpaired) electrons. The van der Waals surface area contributed by atoms with Crippen molar-refractivity contribution in [2.75, 3.05) is 0 Å². The van der Waals surface area contributed by atoms with Crippen molar-refractivity contribution in [2.24, 2.45) is 5.92 Å². The molecule has 2 N–H and O–H groups in total. The first kappa shape index (κ1) is 16.9. The van der Waals surface area contributed by atoms with Crippen molar-refractivity contribution in [2.45, 2.75) is 26.3 Å². The number of amides is 1. The molecule has 0 saturated carbocycles. The summed E-state index contributed by atoms with van der Waals surface area (Å²) in [5, 5.41) is 22.2. The van der Waals surface area contributed by atoms with E-state index < -0.39 is 28.5 Å². The average molecular weight is 315 g/mol. The molecule has 114 valence electrons. The molecule has 7 nitrogen and oxygen atoms in total. The van der Waals surface area contributed by atoms with Gasteiger partial charge in [-0.25, -0.2) is 0 Å². The number of nitrogens with one attached hydrogen (secondary N) is 1. The van der Waals surface area contributed by atoms with Crippen LogP contribution in [0.5, 0.6) is 0 Å². The molecule has 1 amide bonds. The Bertz CT molecular complexity index is 574. The molecular formula is C13H15ClN2O5. The van der Waals surface area contributed by atoms with E-state index in [0.717, 1.165) is 0 Å². The molecule has 0 fully saturated rings. The zero-order chi connectivity index (χ0) is 16.2. The number of nitro groups is 1. The van der Waals surface area contributed by atoms with E-state index in [1.54, 1.807) is 13.8 Å². The van der Waals surface area contributed by atoms with E-state index in [0.29, 0.717) is 0 Å². The van der Waals surface area contributed by atoms with Crippen LogP contribution >= 0.6 is 11.6 Å². The lowest BCUT2D eigenvalue weighted by molar-refractivity contribution is -0.385. The van der Waals surface area contributed by atoms with Gasteiger partial charge in [0.15, 0.2) is 0 Å². The van der Waals surface area contributed by atoms with Gasteiger partial charge >= 0.3 is 11.7 Å². The molecule has 0 saturated heterocycles. The summed E-state index contributed by atoms with van der Waals surface area (Å²) in [6, 6.07) is 3.38. The van der Waals surface area contributed by atoms with Gasteiger partial charge in [-0.1, -0.05) is 31.5 Å². The van der Waals surface area contributed by atoms with Crippen molar-refractivity contribution in [3.63, 3.8) is 0 Å². The van der Waals surface area contributed by atoms with E-state index in [4.69, 9.17) is 16.7 Å². The Morgan fingerprint density at radius 2 is 2.05 bits per heavy atom. The van der Waals surface area contributed by atoms with Crippen LogP contribution in [0.3, 0.4) is 0 Å². The second-order valence-electron chi connectivity index (χ2n) is 4.81. The van der Waals surface area contributed by atoms with Gasteiger partial charge in [0.2, 0.25) is 0 Å². The number of nitro benzene ring substituents is 1. The van der Waals surface area contributed by atoms with Gasteiger partial charge in [-0.15, -0.1) is 0 Å². The standard InChI is InChI=1S/C13H15ClN2O5/c1-7(2)10(6-11(17)18)15-13(19)8-4-3-5-9(14)12(8)16(20)21/h3-5,7,10H,6H2,1-2H3,(H,15,19)(H,17,18). The van der Waals surface area contributed by atoms with Gasteiger partial charge in [-0.3, -0.25) is 19.7 Å². The lowest BCUT2D eigenvalue weighted by Crippen LogP contribution is -2.40. The highest BCUT2D eigenvalue weighted by atomic mass is 35.5. The predicted octanol–water partition coefficient (Wildman–Crippen LogP) is 2.48. The maximum absolute atomic E-state index is 12.2. The van der Waals surface area contributed by atoms with E-state index in [1.807, 2.05) is 0 Å². The van der Waals surface area contributed by atoms with Gasteiger partial charge < -0.3 is 10.4 Å². The summed E-state index contributed by atoms with van der Waals surface area (Å²) in [5.41, 5.74) is -0.682. The van der Waals surface area contributed by atoms with Gasteiger partial charge in [-0.2, -0.15) is 0 Å². The number of carboxylic acid groups (broad SMARTS) is 1. The average Bonchev–Trinajstić information content (AvgIpc) is 2.36. The van der Waals surface area contributed by atoms with Gasteiger partial charge in [0, 0.05) is 6.04 Å². The monoisotopic (exact) mass is 314 g/mol. The van der Waals surface area contributed by atoms with Crippen LogP contribution in [-0.4, -0.2) is 27.9 Å². The molecule has 0 aliphatic carbocycles. The number of hydrogen-bond donors (Lipinski definition) is 2. The third-order valence-corrected chi connectivity index (χ3v) is 3.23. The summed E-state index contributed by atoms with van der Waals surface area (Å²) in [7, 11) is 0. The van der Waals surface area contributed by atoms with Crippen molar-refractivity contribution in [3.8, 4) is 0 Å². The number of para-hydroxylation sites is 1. The molecule has 0 aliphatic rings. The molecule has 0 bridgehead atoms. The van der Waals surface area contributed by atoms with E-state index in [2.05, 4.69) is 5.32 Å². The van der Waals surface area contributed by atoms with Crippen molar-refractivity contribution in [3.05, 3.63) is 38.9 Å². The largest absolute Gasteiger partial charge is 0.481 e. The van der Waals surface area contributed by atoms with Crippen LogP contribution in [0, 0.1) is 16.0 Å². The third kappa shape index (κ3) is 4.42. The van der Waals surface area contributed by atoms with Crippen LogP contribution in [0.2, 0.25) is 5.02 Å². The molecule has 0 heterocycles. The predicted molar refractivity (Wildman–Crippen MR) is 76.5 cm³/mol. The number of carboxylic acids is 1. The lowest BCUT2D eigenvalue weighted by Gasteiger charge is -2.20. The van der Waals surface area contributed by atoms with Crippen LogP contribution in [0.25, 0.3) is 0 Å². The molecule has 1 atom stereocenters. The quantitative estimate of drug-likeness (QED) is 0.619. The van der Waals surface area contributed by atoms with Crippen molar-refractivity contribution in [1.29, 1.82) is 0 Å². The van der Waals surface area contributed by atoms with Crippen LogP contribution in [-0.2, 0) is 4.79 Å². The Balaban J connectivity index is 3.06. The smallest absolute Gasteiger partial charge is 0.305 e. The van der Waals surface area contributed by atoms with Gasteiger partial charge in [0.05, 0.1) is 11.3 Å². The Hall–Kier alpha value is -2.15. The molecule has 1 aromatic rings. The molecule has 0 aromatic heterocycles. The molecule has 0 aliphatic heterocycles. The van der Waals surface area contributed by atoms with Gasteiger partial charge in [0.1, 0.15) is 10.6 Å². The van der Waals surface area contributed by atoms with Crippen molar-refractivity contribution >= 4 is 29.2 Å². The second kappa shape index (κ2) is 7.03. The fourth-order valence-corrected chi connectivity index (χ4v) is 2.02. The van der Waals surface area contributed by atoms with Crippen LogP contribution in [0.4, 0.5) is 5.69 Å². The Labute approximate surface area is 126 Å². The van der Waals surface area contributed by atoms with E-state index in [9.17, 15) is 19.7 Å². The summed E-state index contributed by atoms with van der Waals surface area (Å²) < 4.78 is 0. The zero-order valence-corrected chi connectivity index (χ0v) is 12.3. The lowest BCUT2D eigenvalue weighted by atomic mass is 10.0. The third-order valence-electron chi connectivity index (χ3n) is 2.93. The summed E-state index contributed by atoms with van der Waals surface area (Å²) in [6.07, 6.45) is -0.266. The Morgan fingerprint density at radius 3 is 2.52 bits per heavy atom. The second-order valence-corrected chi connectivity index (χ2v) is 5.22. The minimum atomic E-state index is -1.06. The normalized spacial score (nSPS) is 12.0. The number of benzene rings is 1. The zero-order valence-electron chi connectivity index (χ0n) is 11.5. The highest BCUT2D eigenvalue weighted by Crippen LogP contribution is 2.28. The van der Waals surface area contributed by atoms with Gasteiger partial charge in [-0.05, 0) is 18.1 Å². The maximum Gasteiger partial charge on any atom is 0.305 e. The number of halogens is 1. The maximum atomic E-state index is 12.2. The van der Waals surface area contributed by atoms with E-state index >= 15 is 0 Å². The molecule has 8 heteroatoms. The highest BCUT2D eigenvalue weighted by Gasteiger charge is 2.26. The van der Waals surface area contributed by atoms with Crippen LogP contribution in [0.15, 0.2) is 18.2 Å². The van der Waals surface area contributed by atoms with Crippen molar-refractivity contribution in [1.82, 2.24) is 5.32 Å². The SMILES string of the molecule is CC(C)C(CC(=O)O)NC(=O)c1cccc(Cl)c1[N+](=O)[O-]. The summed E-state index contributed by atoms with van der Waals surface area (Å²) >= 11 is 5.74. The molecule has 21 heavy (non-hydrogen) atoms. The fourth-order valence-electron chi connectivity index (χ4n) is 1.77. The first-order chi connectivity index (χ1) is 9.73. The van der Waals surface area contributed by atoms with Crippen LogP contribution in [0.1, 0.15) is 30.6 Å². The van der Waals surface area contributed by atoms with E-state index in [1.165, 1.54) is 18.2 Å².